The van der Waals surface area contributed by atoms with E-state index in [0.717, 1.165) is 16.8 Å². The molecule has 3 nitrogen and oxygen atoms in total. The van der Waals surface area contributed by atoms with E-state index in [4.69, 9.17) is 0 Å². The zero-order chi connectivity index (χ0) is 14.5. The minimum absolute atomic E-state index is 0.257. The Balaban J connectivity index is 1.66. The Kier molecular flexibility index (Phi) is 4.02. The van der Waals surface area contributed by atoms with Gasteiger partial charge in [0.15, 0.2) is 0 Å². The molecule has 0 aliphatic carbocycles. The molecule has 3 aromatic rings. The van der Waals surface area contributed by atoms with Crippen LogP contribution in [0.2, 0.25) is 0 Å². The van der Waals surface area contributed by atoms with Crippen molar-refractivity contribution in [2.24, 2.45) is 5.10 Å². The van der Waals surface area contributed by atoms with Crippen molar-refractivity contribution in [3.05, 3.63) is 71.4 Å². The third-order valence-electron chi connectivity index (χ3n) is 2.82. The van der Waals surface area contributed by atoms with E-state index in [1.807, 2.05) is 35.7 Å². The summed E-state index contributed by atoms with van der Waals surface area (Å²) in [7, 11) is 0. The van der Waals surface area contributed by atoms with Crippen LogP contribution in [0.4, 0.5) is 9.52 Å². The van der Waals surface area contributed by atoms with Crippen LogP contribution in [0.15, 0.2) is 65.1 Å². The molecule has 21 heavy (non-hydrogen) atoms. The zero-order valence-corrected chi connectivity index (χ0v) is 11.8. The lowest BCUT2D eigenvalue weighted by molar-refractivity contribution is 0.628. The van der Waals surface area contributed by atoms with Crippen LogP contribution in [0, 0.1) is 5.82 Å². The van der Waals surface area contributed by atoms with Gasteiger partial charge in [0.2, 0.25) is 5.13 Å². The molecule has 1 N–H and O–H groups in total. The molecule has 0 amide bonds. The minimum atomic E-state index is -0.257. The van der Waals surface area contributed by atoms with Gasteiger partial charge in [-0.25, -0.2) is 9.37 Å². The van der Waals surface area contributed by atoms with Gasteiger partial charge in [0.25, 0.3) is 0 Å². The SMILES string of the molecule is Fc1ccc(/C=N\Nc2nc(-c3ccccc3)cs2)cc1. The first-order valence-corrected chi connectivity index (χ1v) is 7.25. The molecule has 0 atom stereocenters. The number of thiazole rings is 1. The maximum absolute atomic E-state index is 12.8. The number of halogens is 1. The maximum atomic E-state index is 12.8. The number of hydrogen-bond acceptors (Lipinski definition) is 4. The number of anilines is 1. The Hall–Kier alpha value is -2.53. The van der Waals surface area contributed by atoms with Crippen LogP contribution in [-0.2, 0) is 0 Å². The summed E-state index contributed by atoms with van der Waals surface area (Å²) in [5.74, 6) is -0.257. The Morgan fingerprint density at radius 1 is 1.05 bits per heavy atom. The monoisotopic (exact) mass is 297 g/mol. The number of benzene rings is 2. The topological polar surface area (TPSA) is 37.3 Å². The zero-order valence-electron chi connectivity index (χ0n) is 11.0. The molecule has 0 unspecified atom stereocenters. The van der Waals surface area contributed by atoms with Gasteiger partial charge >= 0.3 is 0 Å². The molecular weight excluding hydrogens is 285 g/mol. The second-order valence-electron chi connectivity index (χ2n) is 4.33. The quantitative estimate of drug-likeness (QED) is 0.572. The first-order chi connectivity index (χ1) is 10.3. The summed E-state index contributed by atoms with van der Waals surface area (Å²) in [6, 6.07) is 16.1. The fraction of sp³-hybridized carbons (Fsp3) is 0. The summed E-state index contributed by atoms with van der Waals surface area (Å²) in [5.41, 5.74) is 5.69. The highest BCUT2D eigenvalue weighted by Gasteiger charge is 2.02. The maximum Gasteiger partial charge on any atom is 0.203 e. The number of nitrogens with one attached hydrogen (secondary N) is 1. The van der Waals surface area contributed by atoms with Crippen molar-refractivity contribution < 1.29 is 4.39 Å². The van der Waals surface area contributed by atoms with Crippen LogP contribution in [-0.4, -0.2) is 11.2 Å². The van der Waals surface area contributed by atoms with E-state index in [0.29, 0.717) is 5.13 Å². The molecule has 104 valence electrons. The summed E-state index contributed by atoms with van der Waals surface area (Å²) >= 11 is 1.49. The fourth-order valence-corrected chi connectivity index (χ4v) is 2.45. The predicted octanol–water partition coefficient (Wildman–Crippen LogP) is 4.40. The Labute approximate surface area is 125 Å². The summed E-state index contributed by atoms with van der Waals surface area (Å²) in [5, 5.41) is 6.79. The molecule has 0 saturated heterocycles. The van der Waals surface area contributed by atoms with Crippen molar-refractivity contribution >= 4 is 22.7 Å². The van der Waals surface area contributed by atoms with E-state index < -0.39 is 0 Å². The molecule has 0 aliphatic rings. The highest BCUT2D eigenvalue weighted by Crippen LogP contribution is 2.24. The van der Waals surface area contributed by atoms with E-state index in [9.17, 15) is 4.39 Å². The van der Waals surface area contributed by atoms with Gasteiger partial charge in [0, 0.05) is 10.9 Å². The number of hydrazone groups is 1. The normalized spacial score (nSPS) is 10.9. The van der Waals surface area contributed by atoms with E-state index in [1.54, 1.807) is 18.3 Å². The van der Waals surface area contributed by atoms with Gasteiger partial charge < -0.3 is 0 Å². The van der Waals surface area contributed by atoms with E-state index >= 15 is 0 Å². The van der Waals surface area contributed by atoms with Crippen LogP contribution >= 0.6 is 11.3 Å². The lowest BCUT2D eigenvalue weighted by Gasteiger charge is -1.95. The van der Waals surface area contributed by atoms with Gasteiger partial charge in [-0.2, -0.15) is 5.10 Å². The van der Waals surface area contributed by atoms with Crippen molar-refractivity contribution in [3.63, 3.8) is 0 Å². The largest absolute Gasteiger partial charge is 0.253 e. The second-order valence-corrected chi connectivity index (χ2v) is 5.18. The molecule has 0 fully saturated rings. The Morgan fingerprint density at radius 2 is 1.81 bits per heavy atom. The van der Waals surface area contributed by atoms with Crippen molar-refractivity contribution in [2.45, 2.75) is 0 Å². The van der Waals surface area contributed by atoms with Crippen LogP contribution in [0.1, 0.15) is 5.56 Å². The van der Waals surface area contributed by atoms with Gasteiger partial charge in [-0.15, -0.1) is 11.3 Å². The molecule has 1 heterocycles. The van der Waals surface area contributed by atoms with Gasteiger partial charge in [-0.05, 0) is 17.7 Å². The number of aromatic nitrogens is 1. The first kappa shape index (κ1) is 13.5. The fourth-order valence-electron chi connectivity index (χ4n) is 1.78. The van der Waals surface area contributed by atoms with Crippen LogP contribution in [0.3, 0.4) is 0 Å². The Bertz CT molecular complexity index is 736. The predicted molar refractivity (Wildman–Crippen MR) is 85.2 cm³/mol. The van der Waals surface area contributed by atoms with Crippen LogP contribution in [0.5, 0.6) is 0 Å². The molecule has 0 bridgehead atoms. The van der Waals surface area contributed by atoms with E-state index in [-0.39, 0.29) is 5.82 Å². The lowest BCUT2D eigenvalue weighted by atomic mass is 10.2. The lowest BCUT2D eigenvalue weighted by Crippen LogP contribution is -1.90. The van der Waals surface area contributed by atoms with Gasteiger partial charge in [-0.1, -0.05) is 42.5 Å². The molecule has 2 aromatic carbocycles. The van der Waals surface area contributed by atoms with Crippen molar-refractivity contribution in [2.75, 3.05) is 5.43 Å². The van der Waals surface area contributed by atoms with Gasteiger partial charge in [0.05, 0.1) is 11.9 Å². The molecule has 5 heteroatoms. The number of hydrogen-bond donors (Lipinski definition) is 1. The van der Waals surface area contributed by atoms with Crippen LogP contribution < -0.4 is 5.43 Å². The third-order valence-corrected chi connectivity index (χ3v) is 3.56. The molecule has 0 aliphatic heterocycles. The van der Waals surface area contributed by atoms with Crippen molar-refractivity contribution in [1.29, 1.82) is 0 Å². The van der Waals surface area contributed by atoms with Crippen molar-refractivity contribution in [1.82, 2.24) is 4.98 Å². The summed E-state index contributed by atoms with van der Waals surface area (Å²) in [4.78, 5) is 4.46. The highest BCUT2D eigenvalue weighted by atomic mass is 32.1. The van der Waals surface area contributed by atoms with E-state index in [1.165, 1.54) is 23.5 Å². The van der Waals surface area contributed by atoms with Gasteiger partial charge in [-0.3, -0.25) is 5.43 Å². The average molecular weight is 297 g/mol. The standard InChI is InChI=1S/C16H12FN3S/c17-14-8-6-12(7-9-14)10-18-20-16-19-15(11-21-16)13-4-2-1-3-5-13/h1-11H,(H,19,20)/b18-10-. The summed E-state index contributed by atoms with van der Waals surface area (Å²) < 4.78 is 12.8. The van der Waals surface area contributed by atoms with Gasteiger partial charge in [0.1, 0.15) is 5.82 Å². The third kappa shape index (κ3) is 3.52. The molecule has 1 aromatic heterocycles. The molecule has 0 saturated carbocycles. The van der Waals surface area contributed by atoms with Crippen LogP contribution in [0.25, 0.3) is 11.3 Å². The van der Waals surface area contributed by atoms with Crippen molar-refractivity contribution in [3.8, 4) is 11.3 Å². The first-order valence-electron chi connectivity index (χ1n) is 6.37. The average Bonchev–Trinajstić information content (AvgIpc) is 2.99. The molecule has 0 spiro atoms. The highest BCUT2D eigenvalue weighted by molar-refractivity contribution is 7.14. The Morgan fingerprint density at radius 3 is 2.57 bits per heavy atom. The summed E-state index contributed by atoms with van der Waals surface area (Å²) in [6.45, 7) is 0. The minimum Gasteiger partial charge on any atom is -0.253 e. The number of rotatable bonds is 4. The molecule has 0 radical (unpaired) electrons. The molecular formula is C16H12FN3S. The van der Waals surface area contributed by atoms with E-state index in [2.05, 4.69) is 15.5 Å². The molecule has 3 rings (SSSR count). The second kappa shape index (κ2) is 6.28. The smallest absolute Gasteiger partial charge is 0.203 e. The summed E-state index contributed by atoms with van der Waals surface area (Å²) in [6.07, 6.45) is 1.63. The number of nitrogens with zero attached hydrogens (tertiary/aromatic N) is 2.